The van der Waals surface area contributed by atoms with Gasteiger partial charge in [-0.3, -0.25) is 9.69 Å². The Morgan fingerprint density at radius 2 is 2.10 bits per heavy atom. The fourth-order valence-electron chi connectivity index (χ4n) is 2.15. The molecule has 0 bridgehead atoms. The van der Waals surface area contributed by atoms with E-state index in [-0.39, 0.29) is 16.5 Å². The summed E-state index contributed by atoms with van der Waals surface area (Å²) in [6.45, 7) is 1.90. The van der Waals surface area contributed by atoms with Crippen LogP contribution in [0.1, 0.15) is 17.9 Å². The van der Waals surface area contributed by atoms with Crippen LogP contribution in [0, 0.1) is 0 Å². The lowest BCUT2D eigenvalue weighted by Crippen LogP contribution is -2.31. The summed E-state index contributed by atoms with van der Waals surface area (Å²) in [6, 6.07) is 7.71. The number of nitrogens with zero attached hydrogens (tertiary/aromatic N) is 3. The average Bonchev–Trinajstić information content (AvgIpc) is 3.08. The molecule has 0 radical (unpaired) electrons. The molecule has 7 heteroatoms. The predicted molar refractivity (Wildman–Crippen MR) is 76.7 cm³/mol. The molecule has 1 aromatic heterocycles. The number of carbonyl (C=O) groups excluding carboxylic acids is 1. The van der Waals surface area contributed by atoms with Crippen molar-refractivity contribution in [2.45, 2.75) is 17.5 Å². The highest BCUT2D eigenvalue weighted by Crippen LogP contribution is 2.44. The molecule has 1 saturated heterocycles. The normalized spacial score (nSPS) is 22.3. The van der Waals surface area contributed by atoms with Crippen molar-refractivity contribution < 1.29 is 9.53 Å². The summed E-state index contributed by atoms with van der Waals surface area (Å²) in [4.78, 5) is 18.1. The van der Waals surface area contributed by atoms with Gasteiger partial charge in [0, 0.05) is 0 Å². The quantitative estimate of drug-likeness (QED) is 0.936. The second kappa shape index (κ2) is 5.16. The largest absolute Gasteiger partial charge is 0.497 e. The first kappa shape index (κ1) is 13.0. The van der Waals surface area contributed by atoms with Crippen molar-refractivity contribution in [3.8, 4) is 5.75 Å². The molecule has 6 nitrogen and oxygen atoms in total. The molecule has 0 spiro atoms. The number of aromatic nitrogens is 3. The van der Waals surface area contributed by atoms with Crippen LogP contribution in [-0.2, 0) is 4.79 Å². The number of amides is 1. The van der Waals surface area contributed by atoms with Gasteiger partial charge in [-0.1, -0.05) is 12.1 Å². The maximum Gasteiger partial charge on any atom is 0.243 e. The van der Waals surface area contributed by atoms with Gasteiger partial charge in [0.1, 0.15) is 17.5 Å². The summed E-state index contributed by atoms with van der Waals surface area (Å²) in [5.41, 5.74) is 1.03. The van der Waals surface area contributed by atoms with Gasteiger partial charge in [-0.15, -0.1) is 11.8 Å². The summed E-state index contributed by atoms with van der Waals surface area (Å²) in [7, 11) is 1.63. The van der Waals surface area contributed by atoms with E-state index in [9.17, 15) is 4.79 Å². The van der Waals surface area contributed by atoms with Crippen LogP contribution in [0.2, 0.25) is 0 Å². The van der Waals surface area contributed by atoms with E-state index in [1.807, 2.05) is 31.2 Å². The molecule has 2 heterocycles. The van der Waals surface area contributed by atoms with Crippen LogP contribution >= 0.6 is 11.8 Å². The summed E-state index contributed by atoms with van der Waals surface area (Å²) in [5.74, 6) is 1.31. The SMILES string of the molecule is COc1ccc(C2SC(C)C(=O)N2c2ncn[nH]2)cc1. The van der Waals surface area contributed by atoms with Gasteiger partial charge in [-0.05, 0) is 24.6 Å². The number of carbonyl (C=O) groups is 1. The monoisotopic (exact) mass is 290 g/mol. The highest BCUT2D eigenvalue weighted by Gasteiger charge is 2.40. The van der Waals surface area contributed by atoms with Gasteiger partial charge in [0.15, 0.2) is 0 Å². The highest BCUT2D eigenvalue weighted by atomic mass is 32.2. The second-order valence-corrected chi connectivity index (χ2v) is 5.85. The van der Waals surface area contributed by atoms with Crippen molar-refractivity contribution in [2.75, 3.05) is 12.0 Å². The molecule has 20 heavy (non-hydrogen) atoms. The Morgan fingerprint density at radius 3 is 2.70 bits per heavy atom. The molecule has 2 atom stereocenters. The van der Waals surface area contributed by atoms with E-state index in [4.69, 9.17) is 4.74 Å². The predicted octanol–water partition coefficient (Wildman–Crippen LogP) is 1.98. The Labute approximate surface area is 120 Å². The molecule has 2 aromatic rings. The third-order valence-corrected chi connectivity index (χ3v) is 4.53. The third kappa shape index (κ3) is 2.14. The van der Waals surface area contributed by atoms with Crippen LogP contribution in [0.4, 0.5) is 5.95 Å². The van der Waals surface area contributed by atoms with Crippen LogP contribution < -0.4 is 9.64 Å². The van der Waals surface area contributed by atoms with Gasteiger partial charge in [0.05, 0.1) is 12.4 Å². The van der Waals surface area contributed by atoms with Gasteiger partial charge in [-0.25, -0.2) is 5.10 Å². The van der Waals surface area contributed by atoms with E-state index in [0.717, 1.165) is 11.3 Å². The minimum atomic E-state index is -0.104. The van der Waals surface area contributed by atoms with Gasteiger partial charge < -0.3 is 4.74 Å². The minimum Gasteiger partial charge on any atom is -0.497 e. The Balaban J connectivity index is 1.95. The van der Waals surface area contributed by atoms with Gasteiger partial charge in [0.2, 0.25) is 11.9 Å². The number of methoxy groups -OCH3 is 1. The summed E-state index contributed by atoms with van der Waals surface area (Å²) < 4.78 is 5.16. The van der Waals surface area contributed by atoms with Crippen molar-refractivity contribution >= 4 is 23.6 Å². The van der Waals surface area contributed by atoms with Crippen molar-refractivity contribution in [2.24, 2.45) is 0 Å². The van der Waals surface area contributed by atoms with Crippen LogP contribution in [-0.4, -0.2) is 33.4 Å². The number of benzene rings is 1. The van der Waals surface area contributed by atoms with Crippen LogP contribution in [0.3, 0.4) is 0 Å². The standard InChI is InChI=1S/C13H14N4O2S/c1-8-11(18)17(13-14-7-15-16-13)12(20-8)9-3-5-10(19-2)6-4-9/h3-8,12H,1-2H3,(H,14,15,16). The summed E-state index contributed by atoms with van der Waals surface area (Å²) >= 11 is 1.59. The van der Waals surface area contributed by atoms with Crippen LogP contribution in [0.25, 0.3) is 0 Å². The van der Waals surface area contributed by atoms with E-state index in [1.165, 1.54) is 6.33 Å². The zero-order chi connectivity index (χ0) is 14.1. The van der Waals surface area contributed by atoms with Crippen molar-refractivity contribution in [3.63, 3.8) is 0 Å². The zero-order valence-corrected chi connectivity index (χ0v) is 11.9. The molecular weight excluding hydrogens is 276 g/mol. The van der Waals surface area contributed by atoms with Crippen LogP contribution in [0.5, 0.6) is 5.75 Å². The Morgan fingerprint density at radius 1 is 1.35 bits per heavy atom. The molecule has 1 fully saturated rings. The Hall–Kier alpha value is -2.02. The van der Waals surface area contributed by atoms with E-state index in [1.54, 1.807) is 23.8 Å². The number of H-pyrrole nitrogens is 1. The minimum absolute atomic E-state index is 0.0348. The molecule has 1 aliphatic heterocycles. The van der Waals surface area contributed by atoms with E-state index in [2.05, 4.69) is 15.2 Å². The number of anilines is 1. The molecule has 1 aromatic carbocycles. The Bertz CT molecular complexity index is 599. The molecule has 0 saturated carbocycles. The average molecular weight is 290 g/mol. The number of aromatic amines is 1. The van der Waals surface area contributed by atoms with Crippen molar-refractivity contribution in [3.05, 3.63) is 36.2 Å². The fraction of sp³-hybridized carbons (Fsp3) is 0.308. The number of ether oxygens (including phenoxy) is 1. The number of thioether (sulfide) groups is 1. The number of hydrogen-bond donors (Lipinski definition) is 1. The number of hydrogen-bond acceptors (Lipinski definition) is 5. The third-order valence-electron chi connectivity index (χ3n) is 3.18. The molecular formula is C13H14N4O2S. The number of nitrogens with one attached hydrogen (secondary N) is 1. The topological polar surface area (TPSA) is 71.1 Å². The second-order valence-electron chi connectivity index (χ2n) is 4.42. The van der Waals surface area contributed by atoms with E-state index in [0.29, 0.717) is 5.95 Å². The smallest absolute Gasteiger partial charge is 0.243 e. The fourth-order valence-corrected chi connectivity index (χ4v) is 3.41. The first-order valence-corrected chi connectivity index (χ1v) is 7.13. The summed E-state index contributed by atoms with van der Waals surface area (Å²) in [6.07, 6.45) is 1.40. The lowest BCUT2D eigenvalue weighted by molar-refractivity contribution is -0.117. The first-order chi connectivity index (χ1) is 9.70. The molecule has 104 valence electrons. The lowest BCUT2D eigenvalue weighted by atomic mass is 10.2. The maximum atomic E-state index is 12.3. The molecule has 3 rings (SSSR count). The Kier molecular flexibility index (Phi) is 3.35. The number of rotatable bonds is 3. The maximum absolute atomic E-state index is 12.3. The molecule has 1 amide bonds. The molecule has 0 aliphatic carbocycles. The highest BCUT2D eigenvalue weighted by molar-refractivity contribution is 8.01. The zero-order valence-electron chi connectivity index (χ0n) is 11.1. The van der Waals surface area contributed by atoms with Crippen molar-refractivity contribution in [1.29, 1.82) is 0 Å². The van der Waals surface area contributed by atoms with E-state index >= 15 is 0 Å². The molecule has 1 aliphatic rings. The molecule has 1 N–H and O–H groups in total. The lowest BCUT2D eigenvalue weighted by Gasteiger charge is -2.21. The summed E-state index contributed by atoms with van der Waals surface area (Å²) in [5, 5.41) is 6.38. The van der Waals surface area contributed by atoms with Gasteiger partial charge in [0.25, 0.3) is 0 Å². The molecule has 2 unspecified atom stereocenters. The van der Waals surface area contributed by atoms with Gasteiger partial charge in [-0.2, -0.15) is 10.1 Å². The van der Waals surface area contributed by atoms with Crippen LogP contribution in [0.15, 0.2) is 30.6 Å². The van der Waals surface area contributed by atoms with Gasteiger partial charge >= 0.3 is 0 Å². The first-order valence-electron chi connectivity index (χ1n) is 6.18. The van der Waals surface area contributed by atoms with E-state index < -0.39 is 0 Å². The van der Waals surface area contributed by atoms with Crippen molar-refractivity contribution in [1.82, 2.24) is 15.2 Å².